The Morgan fingerprint density at radius 1 is 0.966 bits per heavy atom. The van der Waals surface area contributed by atoms with Crippen molar-refractivity contribution in [3.05, 3.63) is 66.9 Å². The molecule has 0 aliphatic carbocycles. The smallest absolute Gasteiger partial charge is 0.244 e. The molecule has 0 atom stereocenters. The fourth-order valence-corrected chi connectivity index (χ4v) is 4.47. The van der Waals surface area contributed by atoms with E-state index >= 15 is 0 Å². The van der Waals surface area contributed by atoms with Crippen LogP contribution in [0.1, 0.15) is 0 Å². The first-order valence-corrected chi connectivity index (χ1v) is 11.1. The van der Waals surface area contributed by atoms with Gasteiger partial charge in [0.2, 0.25) is 10.0 Å². The van der Waals surface area contributed by atoms with Crippen LogP contribution >= 0.6 is 0 Å². The zero-order valence-corrected chi connectivity index (χ0v) is 16.9. The highest BCUT2D eigenvalue weighted by Gasteiger charge is 2.24. The van der Waals surface area contributed by atoms with E-state index in [4.69, 9.17) is 4.74 Å². The lowest BCUT2D eigenvalue weighted by Gasteiger charge is -2.26. The van der Waals surface area contributed by atoms with Crippen molar-refractivity contribution in [1.29, 1.82) is 0 Å². The van der Waals surface area contributed by atoms with Crippen LogP contribution < -0.4 is 4.72 Å². The molecule has 1 aromatic heterocycles. The molecule has 1 aliphatic heterocycles. The molecule has 3 aromatic rings. The number of sulfonamides is 1. The monoisotopic (exact) mass is 412 g/mol. The Bertz CT molecular complexity index is 1030. The molecule has 8 heteroatoms. The number of hydrogen-bond acceptors (Lipinski definition) is 5. The predicted octanol–water partition coefficient (Wildman–Crippen LogP) is 2.15. The number of benzene rings is 2. The molecule has 0 bridgehead atoms. The highest BCUT2D eigenvalue weighted by atomic mass is 32.2. The van der Waals surface area contributed by atoms with Crippen LogP contribution in [-0.2, 0) is 14.8 Å². The van der Waals surface area contributed by atoms with Gasteiger partial charge >= 0.3 is 0 Å². The molecular formula is C21H24N4O3S. The summed E-state index contributed by atoms with van der Waals surface area (Å²) in [7, 11) is -3.72. The van der Waals surface area contributed by atoms with Gasteiger partial charge in [-0.1, -0.05) is 48.5 Å². The van der Waals surface area contributed by atoms with Gasteiger partial charge in [0.15, 0.2) is 0 Å². The second-order valence-corrected chi connectivity index (χ2v) is 8.58. The van der Waals surface area contributed by atoms with E-state index in [1.165, 1.54) is 0 Å². The van der Waals surface area contributed by atoms with Gasteiger partial charge in [-0.25, -0.2) is 17.8 Å². The van der Waals surface area contributed by atoms with Crippen LogP contribution in [0.4, 0.5) is 0 Å². The van der Waals surface area contributed by atoms with E-state index in [0.29, 0.717) is 32.0 Å². The highest BCUT2D eigenvalue weighted by molar-refractivity contribution is 7.89. The molecule has 1 N–H and O–H groups in total. The number of rotatable bonds is 7. The Morgan fingerprint density at radius 2 is 1.62 bits per heavy atom. The molecule has 1 saturated heterocycles. The van der Waals surface area contributed by atoms with Crippen LogP contribution in [0.15, 0.2) is 71.8 Å². The average molecular weight is 413 g/mol. The zero-order chi connectivity index (χ0) is 20.1. The molecule has 0 radical (unpaired) electrons. The number of ether oxygens (including phenoxy) is 1. The van der Waals surface area contributed by atoms with Crippen molar-refractivity contribution in [1.82, 2.24) is 19.4 Å². The van der Waals surface area contributed by atoms with Crippen molar-refractivity contribution in [2.75, 3.05) is 39.4 Å². The van der Waals surface area contributed by atoms with Crippen molar-refractivity contribution >= 4 is 10.0 Å². The summed E-state index contributed by atoms with van der Waals surface area (Å²) in [5, 5.41) is 4.59. The largest absolute Gasteiger partial charge is 0.379 e. The summed E-state index contributed by atoms with van der Waals surface area (Å²) in [6.45, 7) is 4.01. The molecule has 29 heavy (non-hydrogen) atoms. The van der Waals surface area contributed by atoms with E-state index in [-0.39, 0.29) is 4.90 Å². The van der Waals surface area contributed by atoms with Gasteiger partial charge in [0, 0.05) is 31.7 Å². The average Bonchev–Trinajstić information content (AvgIpc) is 3.22. The van der Waals surface area contributed by atoms with Gasteiger partial charge in [0.25, 0.3) is 0 Å². The Labute approximate surface area is 171 Å². The summed E-state index contributed by atoms with van der Waals surface area (Å²) >= 11 is 0. The first kappa shape index (κ1) is 19.8. The van der Waals surface area contributed by atoms with E-state index < -0.39 is 10.0 Å². The van der Waals surface area contributed by atoms with E-state index in [1.807, 2.05) is 60.7 Å². The third-order valence-electron chi connectivity index (χ3n) is 4.86. The Morgan fingerprint density at radius 3 is 2.31 bits per heavy atom. The number of morpholine rings is 1. The first-order valence-electron chi connectivity index (χ1n) is 9.64. The topological polar surface area (TPSA) is 76.5 Å². The molecule has 1 fully saturated rings. The lowest BCUT2D eigenvalue weighted by Crippen LogP contribution is -2.41. The Kier molecular flexibility index (Phi) is 6.05. The summed E-state index contributed by atoms with van der Waals surface area (Å²) in [5.41, 5.74) is 2.00. The minimum absolute atomic E-state index is 0.175. The van der Waals surface area contributed by atoms with E-state index in [2.05, 4.69) is 14.7 Å². The van der Waals surface area contributed by atoms with Crippen LogP contribution in [-0.4, -0.2) is 62.5 Å². The lowest BCUT2D eigenvalue weighted by molar-refractivity contribution is 0.0390. The predicted molar refractivity (Wildman–Crippen MR) is 111 cm³/mol. The summed E-state index contributed by atoms with van der Waals surface area (Å²) in [5.74, 6) is 0. The zero-order valence-electron chi connectivity index (χ0n) is 16.1. The summed E-state index contributed by atoms with van der Waals surface area (Å²) < 4.78 is 35.9. The summed E-state index contributed by atoms with van der Waals surface area (Å²) in [4.78, 5) is 2.37. The van der Waals surface area contributed by atoms with E-state index in [9.17, 15) is 8.42 Å². The molecule has 1 aliphatic rings. The second kappa shape index (κ2) is 8.87. The molecule has 0 amide bonds. The first-order chi connectivity index (χ1) is 14.1. The Balaban J connectivity index is 1.61. The van der Waals surface area contributed by atoms with Gasteiger partial charge in [0.05, 0.1) is 25.1 Å². The van der Waals surface area contributed by atoms with Crippen LogP contribution in [0.5, 0.6) is 0 Å². The van der Waals surface area contributed by atoms with Crippen LogP contribution in [0.2, 0.25) is 0 Å². The van der Waals surface area contributed by atoms with Crippen LogP contribution in [0.3, 0.4) is 0 Å². The number of nitrogens with zero attached hydrogens (tertiary/aromatic N) is 3. The maximum Gasteiger partial charge on any atom is 0.244 e. The highest BCUT2D eigenvalue weighted by Crippen LogP contribution is 2.27. The number of hydrogen-bond donors (Lipinski definition) is 1. The molecule has 2 heterocycles. The van der Waals surface area contributed by atoms with Crippen molar-refractivity contribution in [3.63, 3.8) is 0 Å². The fourth-order valence-electron chi connectivity index (χ4n) is 3.30. The van der Waals surface area contributed by atoms with Gasteiger partial charge in [-0.2, -0.15) is 5.10 Å². The molecule has 152 valence electrons. The van der Waals surface area contributed by atoms with Crippen molar-refractivity contribution in [2.24, 2.45) is 0 Å². The minimum atomic E-state index is -3.72. The number of aromatic nitrogens is 2. The van der Waals surface area contributed by atoms with Gasteiger partial charge in [-0.15, -0.1) is 0 Å². The lowest BCUT2D eigenvalue weighted by atomic mass is 10.2. The van der Waals surface area contributed by atoms with Gasteiger partial charge in [-0.3, -0.25) is 4.90 Å². The normalized spacial score (nSPS) is 15.4. The van der Waals surface area contributed by atoms with Crippen molar-refractivity contribution < 1.29 is 13.2 Å². The maximum atomic E-state index is 13.1. The quantitative estimate of drug-likeness (QED) is 0.644. The van der Waals surface area contributed by atoms with E-state index in [0.717, 1.165) is 24.3 Å². The molecule has 7 nitrogen and oxygen atoms in total. The molecule has 0 spiro atoms. The molecule has 0 saturated carbocycles. The number of para-hydroxylation sites is 1. The van der Waals surface area contributed by atoms with Crippen LogP contribution in [0.25, 0.3) is 16.9 Å². The Hall–Kier alpha value is -2.52. The third-order valence-corrected chi connectivity index (χ3v) is 6.32. The van der Waals surface area contributed by atoms with Crippen molar-refractivity contribution in [3.8, 4) is 16.9 Å². The van der Waals surface area contributed by atoms with Gasteiger partial charge < -0.3 is 4.74 Å². The number of nitrogens with one attached hydrogen (secondary N) is 1. The summed E-state index contributed by atoms with van der Waals surface area (Å²) in [6, 6.07) is 18.9. The minimum Gasteiger partial charge on any atom is -0.379 e. The molecule has 2 aromatic carbocycles. The van der Waals surface area contributed by atoms with E-state index in [1.54, 1.807) is 10.9 Å². The standard InChI is InChI=1S/C21H24N4O3S/c26-29(27,22-11-12-24-13-15-28-16-14-24)20-17-25(19-9-5-2-6-10-19)23-21(20)18-7-3-1-4-8-18/h1-10,17,22H,11-16H2. The van der Waals surface area contributed by atoms with Gasteiger partial charge in [-0.05, 0) is 12.1 Å². The summed E-state index contributed by atoms with van der Waals surface area (Å²) in [6.07, 6.45) is 1.58. The third kappa shape index (κ3) is 4.73. The molecule has 0 unspecified atom stereocenters. The van der Waals surface area contributed by atoms with Crippen molar-refractivity contribution in [2.45, 2.75) is 4.90 Å². The fraction of sp³-hybridized carbons (Fsp3) is 0.286. The SMILES string of the molecule is O=S(=O)(NCCN1CCOCC1)c1cn(-c2ccccc2)nc1-c1ccccc1. The maximum absolute atomic E-state index is 13.1. The molecular weight excluding hydrogens is 388 g/mol. The van der Waals surface area contributed by atoms with Crippen LogP contribution in [0, 0.1) is 0 Å². The van der Waals surface area contributed by atoms with Gasteiger partial charge in [0.1, 0.15) is 10.6 Å². The second-order valence-electron chi connectivity index (χ2n) is 6.84. The molecule has 4 rings (SSSR count).